The molecule has 0 saturated carbocycles. The van der Waals surface area contributed by atoms with Gasteiger partial charge in [0.25, 0.3) is 0 Å². The van der Waals surface area contributed by atoms with Crippen molar-refractivity contribution in [3.8, 4) is 11.5 Å². The van der Waals surface area contributed by atoms with Gasteiger partial charge < -0.3 is 14.8 Å². The van der Waals surface area contributed by atoms with Gasteiger partial charge in [-0.25, -0.2) is 4.39 Å². The third-order valence-corrected chi connectivity index (χ3v) is 4.92. The monoisotopic (exact) mass is 363 g/mol. The molecule has 0 aliphatic carbocycles. The van der Waals surface area contributed by atoms with Gasteiger partial charge >= 0.3 is 0 Å². The van der Waals surface area contributed by atoms with Crippen LogP contribution in [0.15, 0.2) is 66.7 Å². The molecule has 1 heterocycles. The second-order valence-electron chi connectivity index (χ2n) is 6.66. The molecule has 1 aliphatic rings. The minimum absolute atomic E-state index is 0.0133. The Kier molecular flexibility index (Phi) is 5.07. The first kappa shape index (κ1) is 17.6. The largest absolute Gasteiger partial charge is 0.493 e. The zero-order chi connectivity index (χ0) is 18.6. The first-order valence-electron chi connectivity index (χ1n) is 9.11. The molecule has 1 N–H and O–H groups in total. The average molecular weight is 363 g/mol. The molecule has 0 bridgehead atoms. The number of rotatable bonds is 5. The standard InChI is InChI=1S/C23H22FNO2/c1-26-21-13-18-11-12-25-23(17-7-9-19(24)10-8-17)20(18)14-22(21)27-15-16-5-3-2-4-6-16/h2-10,13-14,23,25H,11-12,15H2,1H3. The molecule has 0 amide bonds. The third-order valence-electron chi connectivity index (χ3n) is 4.92. The van der Waals surface area contributed by atoms with Gasteiger partial charge in [0.1, 0.15) is 12.4 Å². The van der Waals surface area contributed by atoms with Crippen LogP contribution in [0, 0.1) is 5.82 Å². The van der Waals surface area contributed by atoms with Crippen molar-refractivity contribution in [2.45, 2.75) is 19.1 Å². The van der Waals surface area contributed by atoms with E-state index < -0.39 is 0 Å². The molecular weight excluding hydrogens is 341 g/mol. The molecule has 3 nitrogen and oxygen atoms in total. The fourth-order valence-electron chi connectivity index (χ4n) is 3.52. The number of benzene rings is 3. The third kappa shape index (κ3) is 3.81. The molecule has 0 spiro atoms. The van der Waals surface area contributed by atoms with Crippen molar-refractivity contribution in [1.82, 2.24) is 5.32 Å². The highest BCUT2D eigenvalue weighted by Gasteiger charge is 2.24. The molecule has 3 aromatic carbocycles. The quantitative estimate of drug-likeness (QED) is 0.716. The lowest BCUT2D eigenvalue weighted by Crippen LogP contribution is -2.30. The summed E-state index contributed by atoms with van der Waals surface area (Å²) < 4.78 is 24.9. The van der Waals surface area contributed by atoms with E-state index in [2.05, 4.69) is 17.4 Å². The highest BCUT2D eigenvalue weighted by Crippen LogP contribution is 2.37. The maximum absolute atomic E-state index is 13.3. The Labute approximate surface area is 158 Å². The van der Waals surface area contributed by atoms with Crippen molar-refractivity contribution in [3.05, 3.63) is 94.8 Å². The van der Waals surface area contributed by atoms with Gasteiger partial charge in [0.15, 0.2) is 11.5 Å². The first-order chi connectivity index (χ1) is 13.2. The summed E-state index contributed by atoms with van der Waals surface area (Å²) in [6, 6.07) is 20.8. The molecule has 138 valence electrons. The Balaban J connectivity index is 1.66. The summed E-state index contributed by atoms with van der Waals surface area (Å²) in [5, 5.41) is 3.53. The smallest absolute Gasteiger partial charge is 0.162 e. The summed E-state index contributed by atoms with van der Waals surface area (Å²) in [5.41, 5.74) is 4.52. The number of halogens is 1. The van der Waals surface area contributed by atoms with Gasteiger partial charge in [0.2, 0.25) is 0 Å². The van der Waals surface area contributed by atoms with Crippen LogP contribution in [0.25, 0.3) is 0 Å². The second kappa shape index (κ2) is 7.80. The number of hydrogen-bond acceptors (Lipinski definition) is 3. The molecule has 1 unspecified atom stereocenters. The summed E-state index contributed by atoms with van der Waals surface area (Å²) in [6.45, 7) is 1.34. The highest BCUT2D eigenvalue weighted by molar-refractivity contribution is 5.51. The summed E-state index contributed by atoms with van der Waals surface area (Å²) in [6.07, 6.45) is 0.919. The van der Waals surface area contributed by atoms with Crippen LogP contribution in [0.4, 0.5) is 4.39 Å². The topological polar surface area (TPSA) is 30.5 Å². The van der Waals surface area contributed by atoms with Gasteiger partial charge in [-0.1, -0.05) is 42.5 Å². The van der Waals surface area contributed by atoms with Crippen LogP contribution in [-0.2, 0) is 13.0 Å². The Morgan fingerprint density at radius 2 is 1.78 bits per heavy atom. The highest BCUT2D eigenvalue weighted by atomic mass is 19.1. The average Bonchev–Trinajstić information content (AvgIpc) is 2.72. The molecule has 0 saturated heterocycles. The lowest BCUT2D eigenvalue weighted by atomic mass is 9.89. The number of fused-ring (bicyclic) bond motifs is 1. The van der Waals surface area contributed by atoms with Crippen LogP contribution in [-0.4, -0.2) is 13.7 Å². The number of methoxy groups -OCH3 is 1. The number of nitrogens with one attached hydrogen (secondary N) is 1. The summed E-state index contributed by atoms with van der Waals surface area (Å²) >= 11 is 0. The summed E-state index contributed by atoms with van der Waals surface area (Å²) in [5.74, 6) is 1.23. The molecule has 0 radical (unpaired) electrons. The van der Waals surface area contributed by atoms with Gasteiger partial charge in [-0.05, 0) is 52.9 Å². The minimum atomic E-state index is -0.226. The van der Waals surface area contributed by atoms with Crippen LogP contribution >= 0.6 is 0 Å². The Morgan fingerprint density at radius 1 is 1.00 bits per heavy atom. The molecule has 4 heteroatoms. The van der Waals surface area contributed by atoms with E-state index in [0.29, 0.717) is 6.61 Å². The maximum Gasteiger partial charge on any atom is 0.162 e. The van der Waals surface area contributed by atoms with Crippen molar-refractivity contribution in [3.63, 3.8) is 0 Å². The van der Waals surface area contributed by atoms with Crippen molar-refractivity contribution in [2.24, 2.45) is 0 Å². The zero-order valence-electron chi connectivity index (χ0n) is 15.2. The molecule has 4 rings (SSSR count). The van der Waals surface area contributed by atoms with E-state index in [1.165, 1.54) is 17.7 Å². The van der Waals surface area contributed by atoms with E-state index >= 15 is 0 Å². The molecule has 27 heavy (non-hydrogen) atoms. The van der Waals surface area contributed by atoms with E-state index in [1.54, 1.807) is 7.11 Å². The van der Waals surface area contributed by atoms with Crippen LogP contribution in [0.1, 0.15) is 28.3 Å². The molecule has 1 atom stereocenters. The Hall–Kier alpha value is -2.85. The van der Waals surface area contributed by atoms with E-state index in [9.17, 15) is 4.39 Å². The van der Waals surface area contributed by atoms with E-state index in [1.807, 2.05) is 42.5 Å². The lowest BCUT2D eigenvalue weighted by molar-refractivity contribution is 0.283. The lowest BCUT2D eigenvalue weighted by Gasteiger charge is -2.28. The first-order valence-corrected chi connectivity index (χ1v) is 9.11. The van der Waals surface area contributed by atoms with Crippen LogP contribution < -0.4 is 14.8 Å². The van der Waals surface area contributed by atoms with E-state index in [-0.39, 0.29) is 11.9 Å². The Morgan fingerprint density at radius 3 is 2.52 bits per heavy atom. The fraction of sp³-hybridized carbons (Fsp3) is 0.217. The van der Waals surface area contributed by atoms with Gasteiger partial charge in [-0.2, -0.15) is 0 Å². The SMILES string of the molecule is COc1cc2c(cc1OCc1ccccc1)C(c1ccc(F)cc1)NCC2. The van der Waals surface area contributed by atoms with Crippen molar-refractivity contribution >= 4 is 0 Å². The Bertz CT molecular complexity index is 910. The normalized spacial score (nSPS) is 15.9. The van der Waals surface area contributed by atoms with Crippen LogP contribution in [0.5, 0.6) is 11.5 Å². The number of ether oxygens (including phenoxy) is 2. The zero-order valence-corrected chi connectivity index (χ0v) is 15.2. The summed E-state index contributed by atoms with van der Waals surface area (Å²) in [7, 11) is 1.66. The van der Waals surface area contributed by atoms with Gasteiger partial charge in [-0.15, -0.1) is 0 Å². The predicted molar refractivity (Wildman–Crippen MR) is 104 cm³/mol. The molecule has 0 aromatic heterocycles. The second-order valence-corrected chi connectivity index (χ2v) is 6.66. The minimum Gasteiger partial charge on any atom is -0.493 e. The van der Waals surface area contributed by atoms with Crippen molar-refractivity contribution in [1.29, 1.82) is 0 Å². The summed E-state index contributed by atoms with van der Waals surface area (Å²) in [4.78, 5) is 0. The molecule has 0 fully saturated rings. The maximum atomic E-state index is 13.3. The van der Waals surface area contributed by atoms with Crippen molar-refractivity contribution < 1.29 is 13.9 Å². The van der Waals surface area contributed by atoms with Crippen molar-refractivity contribution in [2.75, 3.05) is 13.7 Å². The van der Waals surface area contributed by atoms with Crippen LogP contribution in [0.3, 0.4) is 0 Å². The van der Waals surface area contributed by atoms with Gasteiger partial charge in [-0.3, -0.25) is 0 Å². The van der Waals surface area contributed by atoms with E-state index in [0.717, 1.165) is 41.2 Å². The fourth-order valence-corrected chi connectivity index (χ4v) is 3.52. The number of hydrogen-bond donors (Lipinski definition) is 1. The predicted octanol–water partition coefficient (Wildman–Crippen LogP) is 4.65. The van der Waals surface area contributed by atoms with Gasteiger partial charge in [0, 0.05) is 6.54 Å². The molecule has 1 aliphatic heterocycles. The van der Waals surface area contributed by atoms with E-state index in [4.69, 9.17) is 9.47 Å². The van der Waals surface area contributed by atoms with Gasteiger partial charge in [0.05, 0.1) is 13.2 Å². The molecular formula is C23H22FNO2. The van der Waals surface area contributed by atoms with Crippen LogP contribution in [0.2, 0.25) is 0 Å². The molecule has 3 aromatic rings.